The molecular weight excluding hydrogens is 471 g/mol. The number of ether oxygens (including phenoxy) is 1. The second-order valence-corrected chi connectivity index (χ2v) is 10.9. The number of methoxy groups -OCH3 is 1. The van der Waals surface area contributed by atoms with Crippen LogP contribution in [-0.2, 0) is 6.54 Å². The van der Waals surface area contributed by atoms with E-state index < -0.39 is 5.67 Å². The van der Waals surface area contributed by atoms with Crippen molar-refractivity contribution in [2.75, 3.05) is 26.7 Å². The van der Waals surface area contributed by atoms with Crippen molar-refractivity contribution < 1.29 is 13.9 Å². The van der Waals surface area contributed by atoms with E-state index in [1.54, 1.807) is 13.0 Å². The summed E-state index contributed by atoms with van der Waals surface area (Å²) in [6, 6.07) is 9.96. The SMILES string of the molecule is COc1cc(C)[nH]c(=O)c1CNC(=O)c1c(C)n(C(C)C2CCN(CC3(F)CC3)CC2)c2ccccc12. The molecule has 0 bridgehead atoms. The highest BCUT2D eigenvalue weighted by molar-refractivity contribution is 6.08. The predicted molar refractivity (Wildman–Crippen MR) is 143 cm³/mol. The summed E-state index contributed by atoms with van der Waals surface area (Å²) in [6.45, 7) is 8.49. The van der Waals surface area contributed by atoms with E-state index in [0.717, 1.165) is 42.5 Å². The first-order valence-electron chi connectivity index (χ1n) is 13.3. The minimum Gasteiger partial charge on any atom is -0.496 e. The van der Waals surface area contributed by atoms with Crippen molar-refractivity contribution in [1.82, 2.24) is 19.8 Å². The zero-order valence-corrected chi connectivity index (χ0v) is 22.2. The van der Waals surface area contributed by atoms with Gasteiger partial charge in [0.1, 0.15) is 11.4 Å². The molecule has 2 fully saturated rings. The molecule has 3 aromatic rings. The minimum atomic E-state index is -0.943. The van der Waals surface area contributed by atoms with Crippen molar-refractivity contribution in [2.24, 2.45) is 5.92 Å². The van der Waals surface area contributed by atoms with Gasteiger partial charge in [-0.15, -0.1) is 0 Å². The number of rotatable bonds is 8. The molecule has 1 amide bonds. The molecule has 2 aromatic heterocycles. The molecule has 37 heavy (non-hydrogen) atoms. The maximum Gasteiger partial charge on any atom is 0.256 e. The first-order valence-corrected chi connectivity index (χ1v) is 13.3. The molecule has 1 unspecified atom stereocenters. The number of likely N-dealkylation sites (tertiary alicyclic amines) is 1. The van der Waals surface area contributed by atoms with Crippen LogP contribution in [0, 0.1) is 19.8 Å². The lowest BCUT2D eigenvalue weighted by molar-refractivity contribution is 0.0950. The maximum atomic E-state index is 14.3. The number of benzene rings is 1. The lowest BCUT2D eigenvalue weighted by Crippen LogP contribution is -2.40. The molecule has 3 heterocycles. The lowest BCUT2D eigenvalue weighted by Gasteiger charge is -2.36. The summed E-state index contributed by atoms with van der Waals surface area (Å²) < 4.78 is 21.9. The molecule has 1 saturated heterocycles. The Labute approximate surface area is 217 Å². The molecule has 0 spiro atoms. The smallest absolute Gasteiger partial charge is 0.256 e. The number of amides is 1. The van der Waals surface area contributed by atoms with Crippen molar-refractivity contribution in [2.45, 2.75) is 64.7 Å². The molecule has 1 aliphatic carbocycles. The highest BCUT2D eigenvalue weighted by Crippen LogP contribution is 2.42. The van der Waals surface area contributed by atoms with Crippen molar-refractivity contribution in [3.8, 4) is 5.75 Å². The number of alkyl halides is 1. The fraction of sp³-hybridized carbons (Fsp3) is 0.517. The van der Waals surface area contributed by atoms with Gasteiger partial charge in [0.05, 0.1) is 24.8 Å². The molecular formula is C29H37FN4O3. The summed E-state index contributed by atoms with van der Waals surface area (Å²) in [5.41, 5.74) is 2.47. The average molecular weight is 509 g/mol. The molecule has 1 aromatic carbocycles. The van der Waals surface area contributed by atoms with E-state index in [1.165, 1.54) is 7.11 Å². The Kier molecular flexibility index (Phi) is 6.88. The summed E-state index contributed by atoms with van der Waals surface area (Å²) in [5, 5.41) is 3.86. The van der Waals surface area contributed by atoms with Crippen molar-refractivity contribution in [1.29, 1.82) is 0 Å². The van der Waals surface area contributed by atoms with Gasteiger partial charge in [-0.3, -0.25) is 9.59 Å². The summed E-state index contributed by atoms with van der Waals surface area (Å²) in [5.74, 6) is 0.696. The molecule has 1 aliphatic heterocycles. The van der Waals surface area contributed by atoms with Gasteiger partial charge in [-0.2, -0.15) is 0 Å². The number of fused-ring (bicyclic) bond motifs is 1. The van der Waals surface area contributed by atoms with Crippen LogP contribution in [-0.4, -0.2) is 52.8 Å². The number of halogens is 1. The minimum absolute atomic E-state index is 0.0701. The number of aromatic nitrogens is 2. The van der Waals surface area contributed by atoms with Crippen LogP contribution in [0.15, 0.2) is 35.1 Å². The fourth-order valence-corrected chi connectivity index (χ4v) is 5.99. The van der Waals surface area contributed by atoms with Gasteiger partial charge in [-0.1, -0.05) is 18.2 Å². The van der Waals surface area contributed by atoms with Gasteiger partial charge in [-0.25, -0.2) is 4.39 Å². The highest BCUT2D eigenvalue weighted by atomic mass is 19.1. The number of hydrogen-bond donors (Lipinski definition) is 2. The maximum absolute atomic E-state index is 14.3. The van der Waals surface area contributed by atoms with Gasteiger partial charge in [-0.05, 0) is 77.6 Å². The Morgan fingerprint density at radius 3 is 2.62 bits per heavy atom. The molecule has 2 N–H and O–H groups in total. The Morgan fingerprint density at radius 1 is 1.24 bits per heavy atom. The third-order valence-corrected chi connectivity index (χ3v) is 8.28. The summed E-state index contributed by atoms with van der Waals surface area (Å²) >= 11 is 0. The van der Waals surface area contributed by atoms with Crippen LogP contribution in [0.5, 0.6) is 5.75 Å². The van der Waals surface area contributed by atoms with Crippen LogP contribution >= 0.6 is 0 Å². The zero-order valence-electron chi connectivity index (χ0n) is 22.2. The Morgan fingerprint density at radius 2 is 1.95 bits per heavy atom. The fourth-order valence-electron chi connectivity index (χ4n) is 5.99. The third-order valence-electron chi connectivity index (χ3n) is 8.28. The van der Waals surface area contributed by atoms with Crippen LogP contribution in [0.1, 0.15) is 66.0 Å². The molecule has 1 saturated carbocycles. The monoisotopic (exact) mass is 508 g/mol. The van der Waals surface area contributed by atoms with Gasteiger partial charge in [0, 0.05) is 34.9 Å². The highest BCUT2D eigenvalue weighted by Gasteiger charge is 2.45. The van der Waals surface area contributed by atoms with Crippen LogP contribution in [0.3, 0.4) is 0 Å². The lowest BCUT2D eigenvalue weighted by atomic mass is 9.89. The Balaban J connectivity index is 1.37. The van der Waals surface area contributed by atoms with E-state index in [-0.39, 0.29) is 24.1 Å². The Bertz CT molecular complexity index is 1370. The summed E-state index contributed by atoms with van der Waals surface area (Å²) in [4.78, 5) is 31.1. The molecule has 8 heteroatoms. The molecule has 2 aliphatic rings. The number of hydrogen-bond acceptors (Lipinski definition) is 4. The molecule has 7 nitrogen and oxygen atoms in total. The van der Waals surface area contributed by atoms with Crippen molar-refractivity contribution in [3.63, 3.8) is 0 Å². The van der Waals surface area contributed by atoms with E-state index in [9.17, 15) is 14.0 Å². The molecule has 0 radical (unpaired) electrons. The van der Waals surface area contributed by atoms with E-state index in [2.05, 4.69) is 32.8 Å². The van der Waals surface area contributed by atoms with E-state index in [0.29, 0.717) is 47.9 Å². The first-order chi connectivity index (χ1) is 17.7. The van der Waals surface area contributed by atoms with Crippen LogP contribution in [0.2, 0.25) is 0 Å². The molecule has 198 valence electrons. The van der Waals surface area contributed by atoms with Crippen LogP contribution in [0.25, 0.3) is 10.9 Å². The van der Waals surface area contributed by atoms with Crippen LogP contribution in [0.4, 0.5) is 4.39 Å². The van der Waals surface area contributed by atoms with Gasteiger partial charge in [0.25, 0.3) is 11.5 Å². The zero-order chi connectivity index (χ0) is 26.3. The number of aryl methyl sites for hydroxylation is 1. The number of para-hydroxylation sites is 1. The number of pyridine rings is 1. The van der Waals surface area contributed by atoms with E-state index in [1.807, 2.05) is 25.1 Å². The quantitative estimate of drug-likeness (QED) is 0.464. The summed E-state index contributed by atoms with van der Waals surface area (Å²) in [7, 11) is 1.52. The van der Waals surface area contributed by atoms with Crippen molar-refractivity contribution >= 4 is 16.8 Å². The normalized spacial score (nSPS) is 18.6. The van der Waals surface area contributed by atoms with Gasteiger partial charge in [0.2, 0.25) is 0 Å². The Hall–Kier alpha value is -3.13. The topological polar surface area (TPSA) is 79.4 Å². The molecule has 1 atom stereocenters. The number of aromatic amines is 1. The number of nitrogens with zero attached hydrogens (tertiary/aromatic N) is 2. The van der Waals surface area contributed by atoms with E-state index >= 15 is 0 Å². The van der Waals surface area contributed by atoms with E-state index in [4.69, 9.17) is 4.74 Å². The standard InChI is InChI=1S/C29H37FN4O3/c1-18-15-25(37-4)23(27(35)32-18)16-31-28(36)26-20(3)34(24-8-6-5-7-22(24)26)19(2)21-9-13-33(14-10-21)17-29(30)11-12-29/h5-8,15,19,21H,9-14,16-17H2,1-4H3,(H,31,36)(H,32,35). The largest absolute Gasteiger partial charge is 0.496 e. The van der Waals surface area contributed by atoms with Gasteiger partial charge >= 0.3 is 0 Å². The first kappa shape index (κ1) is 25.5. The second kappa shape index (κ2) is 9.97. The number of piperidine rings is 1. The van der Waals surface area contributed by atoms with Gasteiger partial charge < -0.3 is 24.5 Å². The van der Waals surface area contributed by atoms with Crippen molar-refractivity contribution in [3.05, 3.63) is 63.2 Å². The third kappa shape index (κ3) is 5.04. The predicted octanol–water partition coefficient (Wildman–Crippen LogP) is 4.66. The average Bonchev–Trinajstić information content (AvgIpc) is 3.52. The second-order valence-electron chi connectivity index (χ2n) is 10.9. The summed E-state index contributed by atoms with van der Waals surface area (Å²) in [6.07, 6.45) is 3.43. The number of carbonyl (C=O) groups is 1. The number of carbonyl (C=O) groups excluding carboxylic acids is 1. The molecule has 5 rings (SSSR count). The number of H-pyrrole nitrogens is 1. The van der Waals surface area contributed by atoms with Gasteiger partial charge in [0.15, 0.2) is 0 Å². The number of nitrogens with one attached hydrogen (secondary N) is 2. The van der Waals surface area contributed by atoms with Crippen LogP contribution < -0.4 is 15.6 Å².